The van der Waals surface area contributed by atoms with Gasteiger partial charge in [0, 0.05) is 19.5 Å². The lowest BCUT2D eigenvalue weighted by Gasteiger charge is -2.45. The van der Waals surface area contributed by atoms with Crippen LogP contribution >= 0.6 is 0 Å². The van der Waals surface area contributed by atoms with Crippen molar-refractivity contribution in [1.29, 1.82) is 5.41 Å². The molecule has 98 valence electrons. The molecular weight excluding hydrogens is 222 g/mol. The van der Waals surface area contributed by atoms with E-state index in [0.717, 1.165) is 25.7 Å². The normalized spacial score (nSPS) is 26.8. The second kappa shape index (κ2) is 5.11. The molecule has 3 heteroatoms. The smallest absolute Gasteiger partial charge is 0.0962 e. The fourth-order valence-corrected chi connectivity index (χ4v) is 3.12. The maximum Gasteiger partial charge on any atom is 0.0962 e. The average molecular weight is 245 g/mol. The number of hydrogen-bond acceptors (Lipinski definition) is 2. The number of likely N-dealkylation sites (N-methyl/N-ethyl adjacent to an activating group) is 1. The number of amidine groups is 1. The minimum atomic E-state index is -0.227. The fraction of sp³-hybridized carbons (Fsp3) is 0.533. The van der Waals surface area contributed by atoms with E-state index in [-0.39, 0.29) is 11.6 Å². The highest BCUT2D eigenvalue weighted by atomic mass is 15.2. The van der Waals surface area contributed by atoms with E-state index in [0.29, 0.717) is 5.84 Å². The topological polar surface area (TPSA) is 53.1 Å². The first-order valence-corrected chi connectivity index (χ1v) is 6.71. The molecule has 0 spiro atoms. The van der Waals surface area contributed by atoms with Gasteiger partial charge in [0.1, 0.15) is 0 Å². The zero-order chi connectivity index (χ0) is 13.2. The van der Waals surface area contributed by atoms with E-state index in [9.17, 15) is 0 Å². The fourth-order valence-electron chi connectivity index (χ4n) is 3.12. The summed E-state index contributed by atoms with van der Waals surface area (Å²) in [5.41, 5.74) is 7.32. The van der Waals surface area contributed by atoms with Crippen molar-refractivity contribution in [1.82, 2.24) is 4.90 Å². The second-order valence-corrected chi connectivity index (χ2v) is 5.29. The Kier molecular flexibility index (Phi) is 3.71. The van der Waals surface area contributed by atoms with Crippen LogP contribution in [0.25, 0.3) is 0 Å². The molecule has 0 radical (unpaired) electrons. The highest BCUT2D eigenvalue weighted by Gasteiger charge is 2.41. The molecule has 1 aromatic rings. The van der Waals surface area contributed by atoms with Crippen molar-refractivity contribution in [3.05, 3.63) is 35.9 Å². The lowest BCUT2D eigenvalue weighted by Crippen LogP contribution is -2.56. The molecule has 2 rings (SSSR count). The first-order valence-electron chi connectivity index (χ1n) is 6.71. The van der Waals surface area contributed by atoms with E-state index in [1.54, 1.807) is 0 Å². The largest absolute Gasteiger partial charge is 0.352 e. The number of benzene rings is 1. The summed E-state index contributed by atoms with van der Waals surface area (Å²) in [6.45, 7) is 2.06. The van der Waals surface area contributed by atoms with Crippen molar-refractivity contribution in [2.45, 2.75) is 44.2 Å². The predicted molar refractivity (Wildman–Crippen MR) is 75.7 cm³/mol. The molecule has 0 saturated carbocycles. The van der Waals surface area contributed by atoms with E-state index in [2.05, 4.69) is 36.1 Å². The second-order valence-electron chi connectivity index (χ2n) is 5.29. The number of nitrogens with one attached hydrogen (secondary N) is 1. The van der Waals surface area contributed by atoms with E-state index in [1.807, 2.05) is 13.1 Å². The maximum absolute atomic E-state index is 8.20. The Bertz CT molecular complexity index is 413. The van der Waals surface area contributed by atoms with Crippen LogP contribution < -0.4 is 5.73 Å². The molecule has 18 heavy (non-hydrogen) atoms. The number of likely N-dealkylation sites (tertiary alicyclic amines) is 1. The molecule has 0 amide bonds. The van der Waals surface area contributed by atoms with Gasteiger partial charge in [-0.2, -0.15) is 0 Å². The molecular formula is C15H23N3. The molecule has 1 aromatic carbocycles. The van der Waals surface area contributed by atoms with Crippen molar-refractivity contribution < 1.29 is 0 Å². The molecule has 3 N–H and O–H groups in total. The van der Waals surface area contributed by atoms with Gasteiger partial charge in [0.25, 0.3) is 0 Å². The Morgan fingerprint density at radius 3 is 2.56 bits per heavy atom. The van der Waals surface area contributed by atoms with Crippen LogP contribution in [0, 0.1) is 5.41 Å². The molecule has 0 bridgehead atoms. The highest BCUT2D eigenvalue weighted by Crippen LogP contribution is 2.38. The Morgan fingerprint density at radius 2 is 1.94 bits per heavy atom. The average Bonchev–Trinajstić information content (AvgIpc) is 2.52. The number of nitrogens with two attached hydrogens (primary N) is 1. The zero-order valence-corrected chi connectivity index (χ0v) is 11.3. The van der Waals surface area contributed by atoms with Gasteiger partial charge in [-0.05, 0) is 25.3 Å². The molecule has 1 aliphatic rings. The third-order valence-corrected chi connectivity index (χ3v) is 4.25. The van der Waals surface area contributed by atoms with Crippen LogP contribution in [-0.4, -0.2) is 23.8 Å². The van der Waals surface area contributed by atoms with Gasteiger partial charge in [-0.25, -0.2) is 0 Å². The molecule has 1 aliphatic heterocycles. The Morgan fingerprint density at radius 1 is 1.28 bits per heavy atom. The SMILES string of the molecule is CC(N)C1(c2ccccc2)CCCCC(=N)N1C. The van der Waals surface area contributed by atoms with Gasteiger partial charge in [-0.3, -0.25) is 5.41 Å². The summed E-state index contributed by atoms with van der Waals surface area (Å²) in [7, 11) is 2.02. The molecule has 2 atom stereocenters. The summed E-state index contributed by atoms with van der Waals surface area (Å²) in [5, 5.41) is 8.20. The van der Waals surface area contributed by atoms with Gasteiger partial charge in [0.05, 0.1) is 11.4 Å². The number of rotatable bonds is 2. The van der Waals surface area contributed by atoms with Crippen LogP contribution in [0.2, 0.25) is 0 Å². The number of nitrogens with zero attached hydrogens (tertiary/aromatic N) is 1. The summed E-state index contributed by atoms with van der Waals surface area (Å²) in [4.78, 5) is 2.10. The third-order valence-electron chi connectivity index (χ3n) is 4.25. The summed E-state index contributed by atoms with van der Waals surface area (Å²) in [5.74, 6) is 0.702. The summed E-state index contributed by atoms with van der Waals surface area (Å²) >= 11 is 0. The van der Waals surface area contributed by atoms with Crippen LogP contribution in [0.4, 0.5) is 0 Å². The number of hydrogen-bond donors (Lipinski definition) is 2. The Hall–Kier alpha value is -1.35. The Balaban J connectivity index is 2.51. The lowest BCUT2D eigenvalue weighted by molar-refractivity contribution is 0.157. The van der Waals surface area contributed by atoms with Gasteiger partial charge in [-0.1, -0.05) is 36.8 Å². The monoisotopic (exact) mass is 245 g/mol. The van der Waals surface area contributed by atoms with Crippen molar-refractivity contribution >= 4 is 5.84 Å². The van der Waals surface area contributed by atoms with Crippen LogP contribution in [0.15, 0.2) is 30.3 Å². The van der Waals surface area contributed by atoms with E-state index in [1.165, 1.54) is 5.56 Å². The van der Waals surface area contributed by atoms with Crippen LogP contribution in [-0.2, 0) is 5.54 Å². The van der Waals surface area contributed by atoms with Crippen molar-refractivity contribution in [2.75, 3.05) is 7.05 Å². The van der Waals surface area contributed by atoms with Crippen molar-refractivity contribution in [3.63, 3.8) is 0 Å². The third kappa shape index (κ3) is 2.03. The van der Waals surface area contributed by atoms with Crippen LogP contribution in [0.1, 0.15) is 38.2 Å². The molecule has 2 unspecified atom stereocenters. The minimum absolute atomic E-state index is 0.00310. The lowest BCUT2D eigenvalue weighted by atomic mass is 9.79. The molecule has 1 fully saturated rings. The molecule has 3 nitrogen and oxygen atoms in total. The Labute approximate surface area is 109 Å². The first-order chi connectivity index (χ1) is 8.59. The predicted octanol–water partition coefficient (Wildman–Crippen LogP) is 2.71. The van der Waals surface area contributed by atoms with Gasteiger partial charge in [0.2, 0.25) is 0 Å². The van der Waals surface area contributed by atoms with Crippen LogP contribution in [0.5, 0.6) is 0 Å². The minimum Gasteiger partial charge on any atom is -0.352 e. The molecule has 0 aliphatic carbocycles. The summed E-state index contributed by atoms with van der Waals surface area (Å²) < 4.78 is 0. The van der Waals surface area contributed by atoms with Crippen molar-refractivity contribution in [2.24, 2.45) is 5.73 Å². The molecule has 1 heterocycles. The zero-order valence-electron chi connectivity index (χ0n) is 11.3. The van der Waals surface area contributed by atoms with Gasteiger partial charge in [-0.15, -0.1) is 0 Å². The summed E-state index contributed by atoms with van der Waals surface area (Å²) in [6, 6.07) is 10.4. The van der Waals surface area contributed by atoms with E-state index < -0.39 is 0 Å². The highest BCUT2D eigenvalue weighted by molar-refractivity contribution is 5.80. The van der Waals surface area contributed by atoms with Crippen molar-refractivity contribution in [3.8, 4) is 0 Å². The van der Waals surface area contributed by atoms with E-state index in [4.69, 9.17) is 11.1 Å². The molecule has 1 saturated heterocycles. The van der Waals surface area contributed by atoms with Gasteiger partial charge < -0.3 is 10.6 Å². The maximum atomic E-state index is 8.20. The quantitative estimate of drug-likeness (QED) is 0.841. The standard InChI is InChI=1S/C15H23N3/c1-12(16)15(13-8-4-3-5-9-13)11-7-6-10-14(17)18(15)2/h3-5,8-9,12,17H,6-7,10-11,16H2,1-2H3. The van der Waals surface area contributed by atoms with Crippen LogP contribution in [0.3, 0.4) is 0 Å². The van der Waals surface area contributed by atoms with E-state index >= 15 is 0 Å². The van der Waals surface area contributed by atoms with Gasteiger partial charge >= 0.3 is 0 Å². The summed E-state index contributed by atoms with van der Waals surface area (Å²) in [6.07, 6.45) is 4.10. The molecule has 0 aromatic heterocycles. The first kappa shape index (κ1) is 13.1. The van der Waals surface area contributed by atoms with Gasteiger partial charge in [0.15, 0.2) is 0 Å².